The highest BCUT2D eigenvalue weighted by Gasteiger charge is 2.48. The predicted octanol–water partition coefficient (Wildman–Crippen LogP) is 3.27. The summed E-state index contributed by atoms with van der Waals surface area (Å²) in [6, 6.07) is 11.3. The van der Waals surface area contributed by atoms with Crippen LogP contribution in [0.5, 0.6) is 5.75 Å². The molecule has 1 heterocycles. The number of allylic oxidation sites excluding steroid dienone is 2. The van der Waals surface area contributed by atoms with Crippen LogP contribution in [-0.4, -0.2) is 22.7 Å². The van der Waals surface area contributed by atoms with Crippen LogP contribution >= 0.6 is 0 Å². The SMILES string of the molecule is O=C(Oc1ccccc1N1C(=O)[C@@H]2CC=CC[C@H]2C1=O)c1ccc([N+](=O)[O-])cc1. The van der Waals surface area contributed by atoms with Crippen molar-refractivity contribution in [1.29, 1.82) is 0 Å². The number of rotatable bonds is 4. The van der Waals surface area contributed by atoms with Gasteiger partial charge in [0.15, 0.2) is 5.75 Å². The van der Waals surface area contributed by atoms with Gasteiger partial charge in [-0.1, -0.05) is 24.3 Å². The highest BCUT2D eigenvalue weighted by molar-refractivity contribution is 6.23. The summed E-state index contributed by atoms with van der Waals surface area (Å²) in [6.07, 6.45) is 4.82. The maximum atomic E-state index is 12.8. The molecule has 146 valence electrons. The van der Waals surface area contributed by atoms with Crippen molar-refractivity contribution >= 4 is 29.2 Å². The standard InChI is InChI=1S/C21H16N2O6/c24-19-15-5-1-2-6-16(15)20(25)22(19)17-7-3-4-8-18(17)29-21(26)13-9-11-14(12-10-13)23(27)28/h1-4,7-12,15-16H,5-6H2/t15-,16-/m1/s1. The molecule has 1 aliphatic carbocycles. The van der Waals surface area contributed by atoms with Crippen molar-refractivity contribution in [3.8, 4) is 5.75 Å². The predicted molar refractivity (Wildman–Crippen MR) is 102 cm³/mol. The van der Waals surface area contributed by atoms with Crippen LogP contribution in [0.2, 0.25) is 0 Å². The monoisotopic (exact) mass is 392 g/mol. The molecule has 2 atom stereocenters. The van der Waals surface area contributed by atoms with Crippen molar-refractivity contribution in [3.05, 3.63) is 76.4 Å². The minimum Gasteiger partial charge on any atom is -0.421 e. The van der Waals surface area contributed by atoms with Crippen molar-refractivity contribution in [2.24, 2.45) is 11.8 Å². The van der Waals surface area contributed by atoms with E-state index in [1.54, 1.807) is 18.2 Å². The number of amides is 2. The molecule has 8 heteroatoms. The number of para-hydroxylation sites is 2. The first kappa shape index (κ1) is 18.5. The highest BCUT2D eigenvalue weighted by atomic mass is 16.6. The molecule has 1 saturated heterocycles. The van der Waals surface area contributed by atoms with Gasteiger partial charge >= 0.3 is 5.97 Å². The van der Waals surface area contributed by atoms with Crippen LogP contribution in [0, 0.1) is 22.0 Å². The Morgan fingerprint density at radius 1 is 0.966 bits per heavy atom. The lowest BCUT2D eigenvalue weighted by Crippen LogP contribution is -2.31. The number of esters is 1. The molecule has 1 fully saturated rings. The van der Waals surface area contributed by atoms with Gasteiger partial charge < -0.3 is 4.74 Å². The first-order valence-electron chi connectivity index (χ1n) is 9.06. The van der Waals surface area contributed by atoms with Crippen LogP contribution in [0.15, 0.2) is 60.7 Å². The minimum atomic E-state index is -0.745. The van der Waals surface area contributed by atoms with Crippen molar-refractivity contribution in [3.63, 3.8) is 0 Å². The third-order valence-corrected chi connectivity index (χ3v) is 5.13. The van der Waals surface area contributed by atoms with Crippen molar-refractivity contribution < 1.29 is 24.0 Å². The second-order valence-electron chi connectivity index (χ2n) is 6.83. The van der Waals surface area contributed by atoms with Gasteiger partial charge in [0.05, 0.1) is 28.0 Å². The lowest BCUT2D eigenvalue weighted by atomic mass is 9.85. The van der Waals surface area contributed by atoms with E-state index in [1.807, 2.05) is 12.2 Å². The first-order valence-corrected chi connectivity index (χ1v) is 9.06. The van der Waals surface area contributed by atoms with E-state index in [0.29, 0.717) is 12.8 Å². The average molecular weight is 392 g/mol. The number of anilines is 1. The Bertz CT molecular complexity index is 1020. The summed E-state index contributed by atoms with van der Waals surface area (Å²) in [5.41, 5.74) is 0.181. The Hall–Kier alpha value is -3.81. The summed E-state index contributed by atoms with van der Waals surface area (Å²) >= 11 is 0. The van der Waals surface area contributed by atoms with Gasteiger partial charge in [0.2, 0.25) is 11.8 Å². The van der Waals surface area contributed by atoms with Gasteiger partial charge in [-0.05, 0) is 37.1 Å². The molecule has 4 rings (SSSR count). The average Bonchev–Trinajstić information content (AvgIpc) is 2.99. The van der Waals surface area contributed by atoms with Crippen LogP contribution in [-0.2, 0) is 9.59 Å². The van der Waals surface area contributed by atoms with E-state index in [-0.39, 0.29) is 34.5 Å². The molecule has 0 aromatic heterocycles. The third kappa shape index (κ3) is 3.29. The van der Waals surface area contributed by atoms with E-state index in [9.17, 15) is 24.5 Å². The maximum absolute atomic E-state index is 12.8. The second-order valence-corrected chi connectivity index (χ2v) is 6.83. The fourth-order valence-electron chi connectivity index (χ4n) is 3.64. The molecule has 0 bridgehead atoms. The molecule has 0 unspecified atom stereocenters. The molecule has 2 aromatic carbocycles. The first-order chi connectivity index (χ1) is 14.0. The van der Waals surface area contributed by atoms with E-state index in [1.165, 1.54) is 30.3 Å². The van der Waals surface area contributed by atoms with Crippen molar-refractivity contribution in [2.45, 2.75) is 12.8 Å². The zero-order valence-corrected chi connectivity index (χ0v) is 15.2. The summed E-state index contributed by atoms with van der Waals surface area (Å²) < 4.78 is 5.42. The van der Waals surface area contributed by atoms with Gasteiger partial charge in [-0.3, -0.25) is 19.7 Å². The number of carbonyl (C=O) groups is 3. The van der Waals surface area contributed by atoms with E-state index < -0.39 is 22.7 Å². The van der Waals surface area contributed by atoms with Crippen molar-refractivity contribution in [2.75, 3.05) is 4.90 Å². The van der Waals surface area contributed by atoms with Gasteiger partial charge in [-0.2, -0.15) is 0 Å². The van der Waals surface area contributed by atoms with Gasteiger partial charge in [0.25, 0.3) is 5.69 Å². The number of hydrogen-bond acceptors (Lipinski definition) is 6. The Kier molecular flexibility index (Phi) is 4.67. The van der Waals surface area contributed by atoms with E-state index in [4.69, 9.17) is 4.74 Å². The number of nitro groups is 1. The summed E-state index contributed by atoms with van der Waals surface area (Å²) in [6.45, 7) is 0. The summed E-state index contributed by atoms with van der Waals surface area (Å²) in [4.78, 5) is 49.4. The van der Waals surface area contributed by atoms with Crippen LogP contribution < -0.4 is 9.64 Å². The Morgan fingerprint density at radius 3 is 2.14 bits per heavy atom. The molecule has 0 saturated carbocycles. The van der Waals surface area contributed by atoms with E-state index in [0.717, 1.165) is 4.90 Å². The molecular weight excluding hydrogens is 376 g/mol. The van der Waals surface area contributed by atoms with Crippen molar-refractivity contribution in [1.82, 2.24) is 0 Å². The molecule has 0 N–H and O–H groups in total. The summed E-state index contributed by atoms with van der Waals surface area (Å²) in [5, 5.41) is 10.7. The van der Waals surface area contributed by atoms with E-state index in [2.05, 4.69) is 0 Å². The maximum Gasteiger partial charge on any atom is 0.343 e. The fraction of sp³-hybridized carbons (Fsp3) is 0.190. The van der Waals surface area contributed by atoms with Crippen LogP contribution in [0.25, 0.3) is 0 Å². The number of ether oxygens (including phenoxy) is 1. The number of fused-ring (bicyclic) bond motifs is 1. The molecule has 2 aliphatic rings. The Labute approximate surface area is 165 Å². The molecular formula is C21H16N2O6. The number of nitrogens with zero attached hydrogens (tertiary/aromatic N) is 2. The summed E-state index contributed by atoms with van der Waals surface area (Å²) in [7, 11) is 0. The number of imide groups is 1. The molecule has 29 heavy (non-hydrogen) atoms. The molecule has 0 radical (unpaired) electrons. The Balaban J connectivity index is 1.60. The number of nitro benzene ring substituents is 1. The number of carbonyl (C=O) groups excluding carboxylic acids is 3. The molecule has 1 aliphatic heterocycles. The number of non-ortho nitro benzene ring substituents is 1. The van der Waals surface area contributed by atoms with E-state index >= 15 is 0 Å². The highest BCUT2D eigenvalue weighted by Crippen LogP contribution is 2.40. The zero-order valence-electron chi connectivity index (χ0n) is 15.2. The lowest BCUT2D eigenvalue weighted by Gasteiger charge is -2.18. The third-order valence-electron chi connectivity index (χ3n) is 5.13. The quantitative estimate of drug-likeness (QED) is 0.197. The topological polar surface area (TPSA) is 107 Å². The number of hydrogen-bond donors (Lipinski definition) is 0. The molecule has 2 amide bonds. The second kappa shape index (κ2) is 7.31. The van der Waals surface area contributed by atoms with Gasteiger partial charge in [-0.15, -0.1) is 0 Å². The molecule has 8 nitrogen and oxygen atoms in total. The van der Waals surface area contributed by atoms with Gasteiger partial charge in [0.1, 0.15) is 0 Å². The molecule has 0 spiro atoms. The lowest BCUT2D eigenvalue weighted by molar-refractivity contribution is -0.384. The normalized spacial score (nSPS) is 20.5. The summed E-state index contributed by atoms with van der Waals surface area (Å²) in [5.74, 6) is -2.07. The zero-order chi connectivity index (χ0) is 20.5. The van der Waals surface area contributed by atoms with Crippen LogP contribution in [0.3, 0.4) is 0 Å². The number of benzene rings is 2. The fourth-order valence-corrected chi connectivity index (χ4v) is 3.64. The molecule has 2 aromatic rings. The minimum absolute atomic E-state index is 0.0733. The van der Waals surface area contributed by atoms with Crippen LogP contribution in [0.1, 0.15) is 23.2 Å². The smallest absolute Gasteiger partial charge is 0.343 e. The Morgan fingerprint density at radius 2 is 1.55 bits per heavy atom. The van der Waals surface area contributed by atoms with Gasteiger partial charge in [-0.25, -0.2) is 9.69 Å². The van der Waals surface area contributed by atoms with Gasteiger partial charge in [0, 0.05) is 12.1 Å². The van der Waals surface area contributed by atoms with Crippen LogP contribution in [0.4, 0.5) is 11.4 Å². The largest absolute Gasteiger partial charge is 0.421 e.